The van der Waals surface area contributed by atoms with Gasteiger partial charge in [0.2, 0.25) is 11.5 Å². The lowest BCUT2D eigenvalue weighted by Crippen LogP contribution is -2.43. The quantitative estimate of drug-likeness (QED) is 0.345. The van der Waals surface area contributed by atoms with Gasteiger partial charge in [0.15, 0.2) is 0 Å². The second-order valence-corrected chi connectivity index (χ2v) is 7.86. The highest BCUT2D eigenvalue weighted by Crippen LogP contribution is 2.35. The van der Waals surface area contributed by atoms with Gasteiger partial charge in [0.05, 0.1) is 26.4 Å². The molecule has 0 aliphatic carbocycles. The highest BCUT2D eigenvalue weighted by atomic mass is 16.5. The van der Waals surface area contributed by atoms with E-state index < -0.39 is 18.8 Å². The molecule has 33 heavy (non-hydrogen) atoms. The van der Waals surface area contributed by atoms with Crippen LogP contribution in [0, 0.1) is 13.5 Å². The monoisotopic (exact) mass is 448 g/mol. The van der Waals surface area contributed by atoms with Crippen LogP contribution in [0.5, 0.6) is 5.75 Å². The number of hydrogen-bond acceptors (Lipinski definition) is 8. The fourth-order valence-electron chi connectivity index (χ4n) is 3.44. The largest absolute Gasteiger partial charge is 0.505 e. The van der Waals surface area contributed by atoms with E-state index in [2.05, 4.69) is 15.0 Å². The summed E-state index contributed by atoms with van der Waals surface area (Å²) in [7, 11) is 0. The Hall–Kier alpha value is -3.71. The number of furan rings is 1. The lowest BCUT2D eigenvalue weighted by atomic mass is 9.99. The van der Waals surface area contributed by atoms with Crippen molar-refractivity contribution in [1.29, 1.82) is 0 Å². The lowest BCUT2D eigenvalue weighted by Gasteiger charge is -2.21. The van der Waals surface area contributed by atoms with Crippen molar-refractivity contribution in [2.45, 2.75) is 25.8 Å². The van der Waals surface area contributed by atoms with Gasteiger partial charge < -0.3 is 29.6 Å². The molecule has 0 spiro atoms. The Labute approximate surface area is 190 Å². The Bertz CT molecular complexity index is 1330. The first kappa shape index (κ1) is 22.5. The van der Waals surface area contributed by atoms with Gasteiger partial charge >= 0.3 is 0 Å². The second-order valence-electron chi connectivity index (χ2n) is 7.86. The molecule has 9 nitrogen and oxygen atoms in total. The van der Waals surface area contributed by atoms with Crippen LogP contribution < -0.4 is 10.5 Å². The van der Waals surface area contributed by atoms with Crippen molar-refractivity contribution in [2.24, 2.45) is 5.73 Å². The molecule has 2 aromatic carbocycles. The second kappa shape index (κ2) is 9.03. The highest BCUT2D eigenvalue weighted by Gasteiger charge is 2.30. The number of nitrogens with zero attached hydrogens (tertiary/aromatic N) is 3. The molecule has 0 fully saturated rings. The van der Waals surface area contributed by atoms with Gasteiger partial charge in [-0.2, -0.15) is 4.98 Å². The SMILES string of the molecule is [C-]#[N+]c1cc(-c2nc(-c3cc(C)c4oc(C(N)(CO)CO)cc4c3)no2)ccc1OCCC. The maximum atomic E-state index is 9.57. The molecule has 0 amide bonds. The number of aliphatic hydroxyl groups excluding tert-OH is 2. The molecular weight excluding hydrogens is 424 g/mol. The number of fused-ring (bicyclic) bond motifs is 1. The van der Waals surface area contributed by atoms with Crippen LogP contribution in [0.25, 0.3) is 38.7 Å². The van der Waals surface area contributed by atoms with E-state index in [0.29, 0.717) is 40.6 Å². The number of aromatic nitrogens is 2. The van der Waals surface area contributed by atoms with Gasteiger partial charge in [0, 0.05) is 16.5 Å². The predicted octanol–water partition coefficient (Wildman–Crippen LogP) is 3.94. The summed E-state index contributed by atoms with van der Waals surface area (Å²) in [6.07, 6.45) is 0.848. The predicted molar refractivity (Wildman–Crippen MR) is 122 cm³/mol. The van der Waals surface area contributed by atoms with Crippen LogP contribution in [-0.2, 0) is 5.54 Å². The van der Waals surface area contributed by atoms with Crippen LogP contribution >= 0.6 is 0 Å². The number of nitrogens with two attached hydrogens (primary N) is 1. The summed E-state index contributed by atoms with van der Waals surface area (Å²) < 4.78 is 16.9. The van der Waals surface area contributed by atoms with E-state index in [1.165, 1.54) is 0 Å². The first-order valence-corrected chi connectivity index (χ1v) is 10.5. The molecule has 2 aromatic heterocycles. The van der Waals surface area contributed by atoms with E-state index >= 15 is 0 Å². The third-order valence-corrected chi connectivity index (χ3v) is 5.33. The van der Waals surface area contributed by atoms with Crippen LogP contribution in [0.1, 0.15) is 24.7 Å². The number of rotatable bonds is 8. The molecule has 4 aromatic rings. The number of aliphatic hydroxyl groups is 2. The van der Waals surface area contributed by atoms with Gasteiger partial charge in [0.25, 0.3) is 5.89 Å². The maximum Gasteiger partial charge on any atom is 0.256 e. The summed E-state index contributed by atoms with van der Waals surface area (Å²) >= 11 is 0. The number of hydrogen-bond donors (Lipinski definition) is 3. The van der Waals surface area contributed by atoms with Crippen molar-refractivity contribution in [3.8, 4) is 28.6 Å². The molecule has 0 aliphatic rings. The molecule has 2 heterocycles. The van der Waals surface area contributed by atoms with Crippen LogP contribution in [0.3, 0.4) is 0 Å². The molecular formula is C24H24N4O5. The van der Waals surface area contributed by atoms with E-state index in [1.54, 1.807) is 24.3 Å². The molecule has 0 saturated carbocycles. The standard InChI is InChI=1S/C24H24N4O5/c1-4-7-31-19-6-5-15(10-18(19)26-3)23-27-22(28-33-23)17-8-14(2)21-16(9-17)11-20(32-21)24(25,12-29)13-30/h5-6,8-11,29-30H,4,7,12-13,25H2,1-2H3. The average Bonchev–Trinajstić information content (AvgIpc) is 3.50. The zero-order valence-electron chi connectivity index (χ0n) is 18.3. The Morgan fingerprint density at radius 3 is 2.64 bits per heavy atom. The van der Waals surface area contributed by atoms with Crippen LogP contribution in [0.2, 0.25) is 0 Å². The summed E-state index contributed by atoms with van der Waals surface area (Å²) in [6, 6.07) is 10.5. The minimum absolute atomic E-state index is 0.282. The molecule has 170 valence electrons. The Morgan fingerprint density at radius 1 is 1.15 bits per heavy atom. The van der Waals surface area contributed by atoms with Crippen molar-refractivity contribution >= 4 is 16.7 Å². The van der Waals surface area contributed by atoms with E-state index in [-0.39, 0.29) is 11.7 Å². The first-order chi connectivity index (χ1) is 15.9. The summed E-state index contributed by atoms with van der Waals surface area (Å²) in [6.45, 7) is 10.9. The summed E-state index contributed by atoms with van der Waals surface area (Å²) in [5, 5.41) is 24.0. The molecule has 0 bridgehead atoms. The summed E-state index contributed by atoms with van der Waals surface area (Å²) in [5.74, 6) is 1.46. The number of aryl methyl sites for hydroxylation is 1. The third-order valence-electron chi connectivity index (χ3n) is 5.33. The molecule has 0 radical (unpaired) electrons. The normalized spacial score (nSPS) is 11.6. The summed E-state index contributed by atoms with van der Waals surface area (Å²) in [5.41, 5.74) is 7.77. The smallest absolute Gasteiger partial charge is 0.256 e. The van der Waals surface area contributed by atoms with Crippen molar-refractivity contribution in [2.75, 3.05) is 19.8 Å². The number of ether oxygens (including phenoxy) is 1. The Morgan fingerprint density at radius 2 is 1.94 bits per heavy atom. The molecule has 0 unspecified atom stereocenters. The first-order valence-electron chi connectivity index (χ1n) is 10.5. The van der Waals surface area contributed by atoms with Crippen molar-refractivity contribution in [3.63, 3.8) is 0 Å². The fourth-order valence-corrected chi connectivity index (χ4v) is 3.44. The van der Waals surface area contributed by atoms with Crippen molar-refractivity contribution in [3.05, 3.63) is 59.1 Å². The number of benzene rings is 2. The van der Waals surface area contributed by atoms with Gasteiger partial charge in [0.1, 0.15) is 22.6 Å². The Kier molecular flexibility index (Phi) is 6.16. The van der Waals surface area contributed by atoms with Gasteiger partial charge in [-0.1, -0.05) is 12.1 Å². The van der Waals surface area contributed by atoms with Crippen molar-refractivity contribution in [1.82, 2.24) is 10.1 Å². The van der Waals surface area contributed by atoms with Crippen LogP contribution in [-0.4, -0.2) is 40.2 Å². The van der Waals surface area contributed by atoms with Gasteiger partial charge in [-0.3, -0.25) is 0 Å². The van der Waals surface area contributed by atoms with Gasteiger partial charge in [-0.05, 0) is 55.3 Å². The lowest BCUT2D eigenvalue weighted by molar-refractivity contribution is 0.105. The fraction of sp³-hybridized carbons (Fsp3) is 0.292. The zero-order chi connectivity index (χ0) is 23.6. The average molecular weight is 448 g/mol. The minimum atomic E-state index is -1.38. The van der Waals surface area contributed by atoms with Gasteiger partial charge in [-0.25, -0.2) is 4.85 Å². The van der Waals surface area contributed by atoms with Gasteiger partial charge in [-0.15, -0.1) is 0 Å². The van der Waals surface area contributed by atoms with Crippen molar-refractivity contribution < 1.29 is 23.9 Å². The van der Waals surface area contributed by atoms with Crippen LogP contribution in [0.15, 0.2) is 45.3 Å². The molecule has 4 rings (SSSR count). The van der Waals surface area contributed by atoms with E-state index in [1.807, 2.05) is 26.0 Å². The van der Waals surface area contributed by atoms with E-state index in [4.69, 9.17) is 26.0 Å². The van der Waals surface area contributed by atoms with E-state index in [0.717, 1.165) is 17.4 Å². The summed E-state index contributed by atoms with van der Waals surface area (Å²) in [4.78, 5) is 8.03. The highest BCUT2D eigenvalue weighted by molar-refractivity contribution is 5.86. The minimum Gasteiger partial charge on any atom is -0.505 e. The molecule has 0 saturated heterocycles. The topological polar surface area (TPSA) is 132 Å². The van der Waals surface area contributed by atoms with E-state index in [9.17, 15) is 10.2 Å². The third kappa shape index (κ3) is 4.19. The molecule has 9 heteroatoms. The Balaban J connectivity index is 1.69. The molecule has 0 atom stereocenters. The zero-order valence-corrected chi connectivity index (χ0v) is 18.3. The maximum absolute atomic E-state index is 9.57. The molecule has 0 aliphatic heterocycles. The van der Waals surface area contributed by atoms with Crippen LogP contribution in [0.4, 0.5) is 5.69 Å². The molecule has 4 N–H and O–H groups in total.